The lowest BCUT2D eigenvalue weighted by Gasteiger charge is -2.10. The van der Waals surface area contributed by atoms with E-state index in [1.54, 1.807) is 23.7 Å². The lowest BCUT2D eigenvalue weighted by molar-refractivity contribution is -0.115. The summed E-state index contributed by atoms with van der Waals surface area (Å²) in [6.07, 6.45) is 1.53. The number of furan rings is 1. The van der Waals surface area contributed by atoms with Crippen molar-refractivity contribution in [1.82, 2.24) is 20.0 Å². The highest BCUT2D eigenvalue weighted by atomic mass is 32.2. The van der Waals surface area contributed by atoms with Gasteiger partial charge in [-0.2, -0.15) is 5.10 Å². The molecule has 0 aromatic carbocycles. The molecule has 3 rings (SSSR count). The SMILES string of the molecule is Cc1nn(C)c(C)c1NC(=O)C(C)Sc1nnc(-c2ccco2)o1. The van der Waals surface area contributed by atoms with Gasteiger partial charge in [-0.05, 0) is 32.9 Å². The minimum absolute atomic E-state index is 0.156. The van der Waals surface area contributed by atoms with Crippen LogP contribution in [0.2, 0.25) is 0 Å². The van der Waals surface area contributed by atoms with Crippen LogP contribution in [0.25, 0.3) is 11.7 Å². The van der Waals surface area contributed by atoms with Gasteiger partial charge in [0, 0.05) is 7.05 Å². The van der Waals surface area contributed by atoms with Gasteiger partial charge in [-0.1, -0.05) is 11.8 Å². The van der Waals surface area contributed by atoms with Crippen molar-refractivity contribution in [2.45, 2.75) is 31.2 Å². The highest BCUT2D eigenvalue weighted by Gasteiger charge is 2.21. The van der Waals surface area contributed by atoms with Crippen LogP contribution in [0.5, 0.6) is 0 Å². The lowest BCUT2D eigenvalue weighted by atomic mass is 10.3. The number of thioether (sulfide) groups is 1. The first kappa shape index (κ1) is 16.3. The van der Waals surface area contributed by atoms with Gasteiger partial charge in [-0.15, -0.1) is 10.2 Å². The van der Waals surface area contributed by atoms with Gasteiger partial charge in [0.25, 0.3) is 11.1 Å². The number of anilines is 1. The average Bonchev–Trinajstić information content (AvgIpc) is 3.25. The Balaban J connectivity index is 1.66. The number of aromatic nitrogens is 4. The summed E-state index contributed by atoms with van der Waals surface area (Å²) in [7, 11) is 1.84. The molecule has 126 valence electrons. The van der Waals surface area contributed by atoms with Crippen molar-refractivity contribution < 1.29 is 13.6 Å². The molecule has 0 bridgehead atoms. The van der Waals surface area contributed by atoms with Crippen molar-refractivity contribution in [2.75, 3.05) is 5.32 Å². The van der Waals surface area contributed by atoms with Crippen LogP contribution in [-0.2, 0) is 11.8 Å². The summed E-state index contributed by atoms with van der Waals surface area (Å²) in [5, 5.41) is 14.9. The van der Waals surface area contributed by atoms with E-state index in [2.05, 4.69) is 20.6 Å². The first-order chi connectivity index (χ1) is 11.5. The largest absolute Gasteiger partial charge is 0.459 e. The molecule has 0 saturated heterocycles. The van der Waals surface area contributed by atoms with Crippen molar-refractivity contribution in [1.29, 1.82) is 0 Å². The number of nitrogens with zero attached hydrogens (tertiary/aromatic N) is 4. The van der Waals surface area contributed by atoms with Gasteiger partial charge >= 0.3 is 0 Å². The Morgan fingerprint density at radius 2 is 2.17 bits per heavy atom. The van der Waals surface area contributed by atoms with Crippen molar-refractivity contribution in [2.24, 2.45) is 7.05 Å². The second kappa shape index (κ2) is 6.52. The Labute approximate surface area is 142 Å². The maximum absolute atomic E-state index is 12.4. The van der Waals surface area contributed by atoms with E-state index >= 15 is 0 Å². The monoisotopic (exact) mass is 347 g/mol. The molecular formula is C15H17N5O3S. The first-order valence-electron chi connectivity index (χ1n) is 7.31. The normalized spacial score (nSPS) is 12.3. The van der Waals surface area contributed by atoms with Crippen molar-refractivity contribution >= 4 is 23.4 Å². The third kappa shape index (κ3) is 3.21. The maximum Gasteiger partial charge on any atom is 0.284 e. The molecule has 3 aromatic rings. The molecule has 0 aliphatic rings. The minimum atomic E-state index is -0.408. The van der Waals surface area contributed by atoms with Crippen LogP contribution < -0.4 is 5.32 Å². The van der Waals surface area contributed by atoms with Gasteiger partial charge in [0.1, 0.15) is 0 Å². The molecule has 3 heterocycles. The van der Waals surface area contributed by atoms with E-state index in [1.165, 1.54) is 18.0 Å². The lowest BCUT2D eigenvalue weighted by Crippen LogP contribution is -2.23. The maximum atomic E-state index is 12.4. The van der Waals surface area contributed by atoms with E-state index in [0.29, 0.717) is 11.0 Å². The molecule has 0 aliphatic carbocycles. The van der Waals surface area contributed by atoms with Gasteiger partial charge in [0.05, 0.1) is 28.6 Å². The number of rotatable bonds is 5. The molecule has 1 N–H and O–H groups in total. The zero-order chi connectivity index (χ0) is 17.3. The second-order valence-corrected chi connectivity index (χ2v) is 6.56. The summed E-state index contributed by atoms with van der Waals surface area (Å²) in [6, 6.07) is 3.47. The van der Waals surface area contributed by atoms with E-state index < -0.39 is 5.25 Å². The molecule has 1 amide bonds. The number of nitrogens with one attached hydrogen (secondary N) is 1. The zero-order valence-electron chi connectivity index (χ0n) is 13.7. The van der Waals surface area contributed by atoms with Gasteiger partial charge in [-0.3, -0.25) is 9.48 Å². The number of amides is 1. The smallest absolute Gasteiger partial charge is 0.284 e. The van der Waals surface area contributed by atoms with E-state index in [0.717, 1.165) is 17.1 Å². The fourth-order valence-electron chi connectivity index (χ4n) is 2.14. The van der Waals surface area contributed by atoms with Crippen LogP contribution >= 0.6 is 11.8 Å². The van der Waals surface area contributed by atoms with Crippen molar-refractivity contribution in [3.63, 3.8) is 0 Å². The van der Waals surface area contributed by atoms with Crippen LogP contribution in [-0.4, -0.2) is 31.1 Å². The summed E-state index contributed by atoms with van der Waals surface area (Å²) in [6.45, 7) is 5.53. The van der Waals surface area contributed by atoms with Crippen LogP contribution in [0.4, 0.5) is 5.69 Å². The number of hydrogen-bond donors (Lipinski definition) is 1. The molecule has 3 aromatic heterocycles. The standard InChI is InChI=1S/C15H17N5O3S/c1-8-12(9(2)20(4)19-8)16-13(21)10(3)24-15-18-17-14(23-15)11-6-5-7-22-11/h5-7,10H,1-4H3,(H,16,21). The fraction of sp³-hybridized carbons (Fsp3) is 0.333. The fourth-order valence-corrected chi connectivity index (χ4v) is 2.82. The summed E-state index contributed by atoms with van der Waals surface area (Å²) in [5.74, 6) is 0.624. The second-order valence-electron chi connectivity index (χ2n) is 5.27. The Bertz CT molecular complexity index is 853. The topological polar surface area (TPSA) is 99.0 Å². The third-order valence-corrected chi connectivity index (χ3v) is 4.48. The summed E-state index contributed by atoms with van der Waals surface area (Å²) in [4.78, 5) is 12.4. The Morgan fingerprint density at radius 3 is 2.79 bits per heavy atom. The van der Waals surface area contributed by atoms with Gasteiger partial charge < -0.3 is 14.2 Å². The highest BCUT2D eigenvalue weighted by Crippen LogP contribution is 2.27. The number of carbonyl (C=O) groups is 1. The highest BCUT2D eigenvalue weighted by molar-refractivity contribution is 8.00. The molecule has 9 heteroatoms. The molecule has 0 saturated carbocycles. The third-order valence-electron chi connectivity index (χ3n) is 3.54. The van der Waals surface area contributed by atoms with Crippen molar-refractivity contribution in [3.05, 3.63) is 29.8 Å². The number of carbonyl (C=O) groups excluding carboxylic acids is 1. The molecule has 0 spiro atoms. The predicted octanol–water partition coefficient (Wildman–Crippen LogP) is 2.80. The summed E-state index contributed by atoms with van der Waals surface area (Å²) < 4.78 is 12.4. The number of aryl methyl sites for hydroxylation is 2. The average molecular weight is 347 g/mol. The zero-order valence-corrected chi connectivity index (χ0v) is 14.5. The van der Waals surface area contributed by atoms with E-state index in [4.69, 9.17) is 8.83 Å². The molecule has 24 heavy (non-hydrogen) atoms. The molecule has 1 unspecified atom stereocenters. The van der Waals surface area contributed by atoms with Crippen LogP contribution in [0, 0.1) is 13.8 Å². The molecule has 0 radical (unpaired) electrons. The van der Waals surface area contributed by atoms with Crippen LogP contribution in [0.3, 0.4) is 0 Å². The predicted molar refractivity (Wildman–Crippen MR) is 88.6 cm³/mol. The molecular weight excluding hydrogens is 330 g/mol. The number of hydrogen-bond acceptors (Lipinski definition) is 7. The van der Waals surface area contributed by atoms with Crippen LogP contribution in [0.1, 0.15) is 18.3 Å². The molecule has 0 aliphatic heterocycles. The van der Waals surface area contributed by atoms with E-state index in [9.17, 15) is 4.79 Å². The Kier molecular flexibility index (Phi) is 4.43. The first-order valence-corrected chi connectivity index (χ1v) is 8.18. The van der Waals surface area contributed by atoms with Gasteiger partial charge in [0.2, 0.25) is 5.91 Å². The summed E-state index contributed by atoms with van der Waals surface area (Å²) >= 11 is 1.19. The van der Waals surface area contributed by atoms with Gasteiger partial charge in [0.15, 0.2) is 5.76 Å². The quantitative estimate of drug-likeness (QED) is 0.708. The minimum Gasteiger partial charge on any atom is -0.459 e. The molecule has 8 nitrogen and oxygen atoms in total. The van der Waals surface area contributed by atoms with E-state index in [-0.39, 0.29) is 11.8 Å². The Morgan fingerprint density at radius 1 is 1.38 bits per heavy atom. The van der Waals surface area contributed by atoms with Crippen LogP contribution in [0.15, 0.2) is 32.5 Å². The van der Waals surface area contributed by atoms with E-state index in [1.807, 2.05) is 20.9 Å². The summed E-state index contributed by atoms with van der Waals surface area (Å²) in [5.41, 5.74) is 2.41. The molecule has 1 atom stereocenters. The molecule has 0 fully saturated rings. The Hall–Kier alpha value is -2.55. The van der Waals surface area contributed by atoms with Gasteiger partial charge in [-0.25, -0.2) is 0 Å². The van der Waals surface area contributed by atoms with Crippen molar-refractivity contribution in [3.8, 4) is 11.7 Å².